The van der Waals surface area contributed by atoms with Crippen LogP contribution in [0.25, 0.3) is 33.0 Å². The van der Waals surface area contributed by atoms with Gasteiger partial charge in [0.1, 0.15) is 17.5 Å². The maximum atomic E-state index is 15.2. The van der Waals surface area contributed by atoms with Gasteiger partial charge in [0.2, 0.25) is 0 Å². The van der Waals surface area contributed by atoms with Crippen molar-refractivity contribution >= 4 is 10.8 Å². The Balaban J connectivity index is 1.78. The zero-order valence-electron chi connectivity index (χ0n) is 16.4. The van der Waals surface area contributed by atoms with E-state index >= 15 is 4.39 Å². The highest BCUT2D eigenvalue weighted by molar-refractivity contribution is 5.89. The van der Waals surface area contributed by atoms with Crippen molar-refractivity contribution < 1.29 is 22.0 Å². The summed E-state index contributed by atoms with van der Waals surface area (Å²) >= 11 is 0. The first-order valence-corrected chi connectivity index (χ1v) is 9.66. The van der Waals surface area contributed by atoms with Crippen LogP contribution in [0.1, 0.15) is 12.0 Å². The largest absolute Gasteiger partial charge is 0.206 e. The van der Waals surface area contributed by atoms with E-state index in [9.17, 15) is 17.6 Å². The summed E-state index contributed by atoms with van der Waals surface area (Å²) in [6.07, 6.45) is 3.39. The maximum absolute atomic E-state index is 15.2. The molecule has 0 radical (unpaired) electrons. The Bertz CT molecular complexity index is 1280. The van der Waals surface area contributed by atoms with Crippen LogP contribution in [0.5, 0.6) is 0 Å². The van der Waals surface area contributed by atoms with Crippen LogP contribution in [0.4, 0.5) is 22.0 Å². The fourth-order valence-electron chi connectivity index (χ4n) is 3.64. The highest BCUT2D eigenvalue weighted by Gasteiger charge is 2.18. The molecule has 0 unspecified atom stereocenters. The highest BCUT2D eigenvalue weighted by atomic mass is 19.2. The first-order valence-electron chi connectivity index (χ1n) is 9.66. The third-order valence-electron chi connectivity index (χ3n) is 5.22. The summed E-state index contributed by atoms with van der Waals surface area (Å²) in [6.45, 7) is 3.69. The van der Waals surface area contributed by atoms with E-state index in [1.54, 1.807) is 18.2 Å². The van der Waals surface area contributed by atoms with Gasteiger partial charge in [-0.1, -0.05) is 42.5 Å². The summed E-state index contributed by atoms with van der Waals surface area (Å²) in [5, 5.41) is 1.02. The van der Waals surface area contributed by atoms with E-state index in [2.05, 4.69) is 6.58 Å². The molecule has 0 heterocycles. The number of benzene rings is 4. The molecular weight excluding hydrogens is 407 g/mol. The lowest BCUT2D eigenvalue weighted by molar-refractivity contribution is 0.508. The molecule has 0 nitrogen and oxygen atoms in total. The van der Waals surface area contributed by atoms with Crippen LogP contribution in [-0.4, -0.2) is 0 Å². The number of hydrogen-bond acceptors (Lipinski definition) is 0. The van der Waals surface area contributed by atoms with Crippen LogP contribution in [0, 0.1) is 29.1 Å². The molecule has 0 atom stereocenters. The van der Waals surface area contributed by atoms with Gasteiger partial charge in [-0.3, -0.25) is 0 Å². The molecule has 4 aromatic rings. The van der Waals surface area contributed by atoms with Crippen molar-refractivity contribution in [2.75, 3.05) is 0 Å². The number of halogens is 5. The SMILES string of the molecule is C=CCCc1ccc2c(F)c(-c3cc(F)c(-c4ccc(F)c(F)c4)c(F)c3)ccc2c1. The van der Waals surface area contributed by atoms with E-state index in [0.29, 0.717) is 10.8 Å². The van der Waals surface area contributed by atoms with Crippen LogP contribution in [0.15, 0.2) is 73.3 Å². The normalized spacial score (nSPS) is 11.1. The monoisotopic (exact) mass is 424 g/mol. The molecule has 4 aromatic carbocycles. The van der Waals surface area contributed by atoms with Crippen molar-refractivity contribution in [3.8, 4) is 22.3 Å². The van der Waals surface area contributed by atoms with Gasteiger partial charge >= 0.3 is 0 Å². The minimum atomic E-state index is -1.21. The van der Waals surface area contributed by atoms with Gasteiger partial charge in [0, 0.05) is 10.9 Å². The van der Waals surface area contributed by atoms with Crippen LogP contribution < -0.4 is 0 Å². The van der Waals surface area contributed by atoms with Crippen molar-refractivity contribution in [3.05, 3.63) is 108 Å². The number of fused-ring (bicyclic) bond motifs is 1. The second-order valence-corrected chi connectivity index (χ2v) is 7.25. The minimum Gasteiger partial charge on any atom is -0.206 e. The van der Waals surface area contributed by atoms with E-state index in [0.717, 1.165) is 48.7 Å². The number of aryl methyl sites for hydroxylation is 1. The first-order chi connectivity index (χ1) is 14.9. The van der Waals surface area contributed by atoms with E-state index in [1.165, 1.54) is 6.07 Å². The van der Waals surface area contributed by atoms with Gasteiger partial charge in [0.15, 0.2) is 11.6 Å². The molecule has 31 heavy (non-hydrogen) atoms. The zero-order chi connectivity index (χ0) is 22.1. The summed E-state index contributed by atoms with van der Waals surface area (Å²) in [5.74, 6) is -4.92. The smallest absolute Gasteiger partial charge is 0.159 e. The topological polar surface area (TPSA) is 0 Å². The second-order valence-electron chi connectivity index (χ2n) is 7.25. The van der Waals surface area contributed by atoms with Crippen molar-refractivity contribution in [2.24, 2.45) is 0 Å². The molecule has 0 aliphatic heterocycles. The molecule has 0 bridgehead atoms. The third-order valence-corrected chi connectivity index (χ3v) is 5.22. The average Bonchev–Trinajstić information content (AvgIpc) is 2.74. The molecule has 0 spiro atoms. The van der Waals surface area contributed by atoms with E-state index in [-0.39, 0.29) is 16.7 Å². The molecule has 0 saturated heterocycles. The summed E-state index contributed by atoms with van der Waals surface area (Å²) in [4.78, 5) is 0. The lowest BCUT2D eigenvalue weighted by Crippen LogP contribution is -1.96. The Morgan fingerprint density at radius 1 is 0.677 bits per heavy atom. The van der Waals surface area contributed by atoms with Gasteiger partial charge < -0.3 is 0 Å². The van der Waals surface area contributed by atoms with Gasteiger partial charge in [-0.05, 0) is 59.2 Å². The van der Waals surface area contributed by atoms with E-state index in [4.69, 9.17) is 0 Å². The minimum absolute atomic E-state index is 0.0106. The van der Waals surface area contributed by atoms with Gasteiger partial charge in [0.05, 0.1) is 5.56 Å². The molecule has 0 N–H and O–H groups in total. The number of hydrogen-bond donors (Lipinski definition) is 0. The summed E-state index contributed by atoms with van der Waals surface area (Å²) in [7, 11) is 0. The Morgan fingerprint density at radius 2 is 1.39 bits per heavy atom. The first kappa shape index (κ1) is 20.8. The summed E-state index contributed by atoms with van der Waals surface area (Å²) < 4.78 is 71.3. The molecule has 0 aromatic heterocycles. The van der Waals surface area contributed by atoms with Crippen LogP contribution in [0.3, 0.4) is 0 Å². The molecule has 0 saturated carbocycles. The van der Waals surface area contributed by atoms with Crippen LogP contribution in [-0.2, 0) is 6.42 Å². The standard InChI is InChI=1S/C26H17F5/c1-2-3-4-15-5-8-19-16(11-15)6-9-20(26(19)31)18-13-23(29)25(24(30)14-18)17-7-10-21(27)22(28)12-17/h2,5-14H,1,3-4H2. The molecule has 156 valence electrons. The molecular formula is C26H17F5. The molecule has 0 aliphatic rings. The number of rotatable bonds is 5. The number of allylic oxidation sites excluding steroid dienone is 1. The van der Waals surface area contributed by atoms with Crippen LogP contribution >= 0.6 is 0 Å². The molecule has 0 amide bonds. The van der Waals surface area contributed by atoms with E-state index in [1.807, 2.05) is 12.1 Å². The summed E-state index contributed by atoms with van der Waals surface area (Å²) in [5.41, 5.74) is 0.437. The Labute approximate surface area is 176 Å². The molecule has 5 heteroatoms. The lowest BCUT2D eigenvalue weighted by atomic mass is 9.95. The van der Waals surface area contributed by atoms with Crippen molar-refractivity contribution in [2.45, 2.75) is 12.8 Å². The summed E-state index contributed by atoms with van der Waals surface area (Å²) in [6, 6.07) is 13.1. The molecule has 4 rings (SSSR count). The maximum Gasteiger partial charge on any atom is 0.159 e. The van der Waals surface area contributed by atoms with Gasteiger partial charge in [-0.2, -0.15) is 0 Å². The van der Waals surface area contributed by atoms with E-state index < -0.39 is 34.6 Å². The predicted molar refractivity (Wildman–Crippen MR) is 113 cm³/mol. The second kappa shape index (κ2) is 8.34. The average molecular weight is 424 g/mol. The van der Waals surface area contributed by atoms with Gasteiger partial charge in [-0.25, -0.2) is 22.0 Å². The quantitative estimate of drug-likeness (QED) is 0.225. The third kappa shape index (κ3) is 3.96. The fraction of sp³-hybridized carbons (Fsp3) is 0.0769. The van der Waals surface area contributed by atoms with Gasteiger partial charge in [-0.15, -0.1) is 6.58 Å². The highest BCUT2D eigenvalue weighted by Crippen LogP contribution is 2.35. The van der Waals surface area contributed by atoms with Crippen molar-refractivity contribution in [3.63, 3.8) is 0 Å². The molecule has 0 aliphatic carbocycles. The Kier molecular flexibility index (Phi) is 5.59. The Hall–Kier alpha value is -3.47. The lowest BCUT2D eigenvalue weighted by Gasteiger charge is -2.12. The molecule has 0 fully saturated rings. The van der Waals surface area contributed by atoms with Crippen LogP contribution in [0.2, 0.25) is 0 Å². The van der Waals surface area contributed by atoms with Crippen molar-refractivity contribution in [1.82, 2.24) is 0 Å². The Morgan fingerprint density at radius 3 is 2.06 bits per heavy atom. The zero-order valence-corrected chi connectivity index (χ0v) is 16.4. The van der Waals surface area contributed by atoms with Gasteiger partial charge in [0.25, 0.3) is 0 Å². The predicted octanol–water partition coefficient (Wildman–Crippen LogP) is 7.99. The fourth-order valence-corrected chi connectivity index (χ4v) is 3.64. The van der Waals surface area contributed by atoms with Crippen molar-refractivity contribution in [1.29, 1.82) is 0 Å².